The molecule has 0 bridgehead atoms. The van der Waals surface area contributed by atoms with Gasteiger partial charge in [-0.15, -0.1) is 9.81 Å². The van der Waals surface area contributed by atoms with E-state index in [1.165, 1.54) is 24.3 Å². The van der Waals surface area contributed by atoms with Crippen molar-refractivity contribution in [2.75, 3.05) is 18.2 Å². The highest BCUT2D eigenvalue weighted by atomic mass is 16.3. The second kappa shape index (κ2) is 5.03. The molecule has 74 valence electrons. The Bertz CT molecular complexity index is 312. The lowest BCUT2D eigenvalue weighted by atomic mass is 10.3. The van der Waals surface area contributed by atoms with Gasteiger partial charge >= 0.3 is 0 Å². The van der Waals surface area contributed by atoms with E-state index in [1.807, 2.05) is 0 Å². The summed E-state index contributed by atoms with van der Waals surface area (Å²) in [7, 11) is 0. The summed E-state index contributed by atoms with van der Waals surface area (Å²) in [5.41, 5.74) is 0.796. The molecule has 1 N–H and O–H groups in total. The molecule has 14 heavy (non-hydrogen) atoms. The first-order chi connectivity index (χ1) is 6.81. The van der Waals surface area contributed by atoms with E-state index in [2.05, 4.69) is 10.5 Å². The molecule has 0 amide bonds. The van der Waals surface area contributed by atoms with Crippen LogP contribution in [0.4, 0.5) is 11.4 Å². The summed E-state index contributed by atoms with van der Waals surface area (Å²) in [4.78, 5) is 20.4. The third-order valence-electron chi connectivity index (χ3n) is 1.66. The first-order valence-corrected chi connectivity index (χ1v) is 3.97. The zero-order chi connectivity index (χ0) is 10.4. The van der Waals surface area contributed by atoms with Crippen LogP contribution < -0.4 is 5.01 Å². The topological polar surface area (TPSA) is 82.3 Å². The minimum Gasteiger partial charge on any atom is -0.394 e. The van der Waals surface area contributed by atoms with Crippen molar-refractivity contribution in [2.24, 2.45) is 10.5 Å². The monoisotopic (exact) mass is 195 g/mol. The maximum atomic E-state index is 10.3. The molecule has 6 heteroatoms. The summed E-state index contributed by atoms with van der Waals surface area (Å²) >= 11 is 0. The molecule has 0 aliphatic heterocycles. The van der Waals surface area contributed by atoms with Gasteiger partial charge in [0.15, 0.2) is 0 Å². The second-order valence-corrected chi connectivity index (χ2v) is 2.54. The minimum absolute atomic E-state index is 0.122. The largest absolute Gasteiger partial charge is 0.394 e. The van der Waals surface area contributed by atoms with E-state index >= 15 is 0 Å². The lowest BCUT2D eigenvalue weighted by Crippen LogP contribution is -2.19. The highest BCUT2D eigenvalue weighted by molar-refractivity contribution is 5.52. The average Bonchev–Trinajstić information content (AvgIpc) is 2.26. The molecule has 0 fully saturated rings. The Morgan fingerprint density at radius 1 is 1.21 bits per heavy atom. The Balaban J connectivity index is 2.83. The molecule has 0 aliphatic carbocycles. The number of benzene rings is 1. The number of anilines is 1. The summed E-state index contributed by atoms with van der Waals surface area (Å²) in [6.07, 6.45) is 0. The number of rotatable bonds is 5. The molecule has 0 saturated carbocycles. The number of hydrogen-bond acceptors (Lipinski definition) is 5. The Kier molecular flexibility index (Phi) is 3.69. The number of nitrogens with zero attached hydrogens (tertiary/aromatic N) is 3. The first-order valence-electron chi connectivity index (χ1n) is 3.97. The number of aliphatic hydroxyl groups excluding tert-OH is 1. The summed E-state index contributed by atoms with van der Waals surface area (Å²) in [6, 6.07) is 6.01. The lowest BCUT2D eigenvalue weighted by molar-refractivity contribution is 0.302. The van der Waals surface area contributed by atoms with Crippen LogP contribution in [0.5, 0.6) is 0 Å². The fourth-order valence-electron chi connectivity index (χ4n) is 0.997. The van der Waals surface area contributed by atoms with E-state index in [-0.39, 0.29) is 18.8 Å². The zero-order valence-electron chi connectivity index (χ0n) is 7.33. The number of aliphatic hydroxyl groups is 1. The average molecular weight is 195 g/mol. The Hall–Kier alpha value is -1.82. The van der Waals surface area contributed by atoms with Gasteiger partial charge in [-0.25, -0.2) is 5.01 Å². The SMILES string of the molecule is O=Nc1ccc(N(CCO)N=O)cc1. The van der Waals surface area contributed by atoms with Crippen LogP contribution in [-0.4, -0.2) is 18.3 Å². The third-order valence-corrected chi connectivity index (χ3v) is 1.66. The van der Waals surface area contributed by atoms with Crippen LogP contribution >= 0.6 is 0 Å². The molecule has 0 heterocycles. The van der Waals surface area contributed by atoms with E-state index in [9.17, 15) is 9.81 Å². The van der Waals surface area contributed by atoms with Crippen LogP contribution in [0.1, 0.15) is 0 Å². The maximum absolute atomic E-state index is 10.3. The molecule has 0 radical (unpaired) electrons. The van der Waals surface area contributed by atoms with E-state index in [1.54, 1.807) is 0 Å². The minimum atomic E-state index is -0.167. The molecule has 6 nitrogen and oxygen atoms in total. The second-order valence-electron chi connectivity index (χ2n) is 2.54. The summed E-state index contributed by atoms with van der Waals surface area (Å²) in [5.74, 6) is 0. The smallest absolute Gasteiger partial charge is 0.108 e. The van der Waals surface area contributed by atoms with Gasteiger partial charge < -0.3 is 5.11 Å². The van der Waals surface area contributed by atoms with E-state index in [0.29, 0.717) is 5.69 Å². The van der Waals surface area contributed by atoms with Gasteiger partial charge in [0.1, 0.15) is 5.69 Å². The van der Waals surface area contributed by atoms with Gasteiger partial charge in [-0.05, 0) is 29.4 Å². The van der Waals surface area contributed by atoms with E-state index < -0.39 is 0 Å². The van der Waals surface area contributed by atoms with Gasteiger partial charge in [0.05, 0.1) is 24.1 Å². The Morgan fingerprint density at radius 2 is 1.86 bits per heavy atom. The van der Waals surface area contributed by atoms with Gasteiger partial charge in [0.2, 0.25) is 0 Å². The van der Waals surface area contributed by atoms with Crippen molar-refractivity contribution in [2.45, 2.75) is 0 Å². The predicted molar refractivity (Wildman–Crippen MR) is 52.1 cm³/mol. The zero-order valence-corrected chi connectivity index (χ0v) is 7.33. The van der Waals surface area contributed by atoms with Crippen LogP contribution in [0.15, 0.2) is 34.7 Å². The molecule has 0 unspecified atom stereocenters. The Labute approximate surface area is 80.1 Å². The maximum Gasteiger partial charge on any atom is 0.108 e. The standard InChI is InChI=1S/C8H9N3O3/c12-6-5-11(10-14)8-3-1-7(9-13)2-4-8/h1-4,12H,5-6H2. The highest BCUT2D eigenvalue weighted by Crippen LogP contribution is 2.19. The van der Waals surface area contributed by atoms with Crippen LogP contribution in [-0.2, 0) is 0 Å². The van der Waals surface area contributed by atoms with Gasteiger partial charge in [0, 0.05) is 0 Å². The fourth-order valence-corrected chi connectivity index (χ4v) is 0.997. The molecular weight excluding hydrogens is 186 g/mol. The molecule has 0 spiro atoms. The van der Waals surface area contributed by atoms with Crippen molar-refractivity contribution in [1.82, 2.24) is 0 Å². The lowest BCUT2D eigenvalue weighted by Gasteiger charge is -2.12. The quantitative estimate of drug-likeness (QED) is 0.571. The van der Waals surface area contributed by atoms with Crippen molar-refractivity contribution >= 4 is 11.4 Å². The molecule has 1 aromatic carbocycles. The molecule has 0 atom stereocenters. The first kappa shape index (κ1) is 10.3. The van der Waals surface area contributed by atoms with Gasteiger partial charge in [-0.1, -0.05) is 0 Å². The third kappa shape index (κ3) is 2.33. The van der Waals surface area contributed by atoms with E-state index in [4.69, 9.17) is 5.11 Å². The van der Waals surface area contributed by atoms with Gasteiger partial charge in [-0.2, -0.15) is 0 Å². The van der Waals surface area contributed by atoms with Crippen molar-refractivity contribution in [3.63, 3.8) is 0 Å². The summed E-state index contributed by atoms with van der Waals surface area (Å²) in [6.45, 7) is -0.0449. The van der Waals surface area contributed by atoms with Crippen LogP contribution in [0.2, 0.25) is 0 Å². The van der Waals surface area contributed by atoms with Crippen molar-refractivity contribution in [1.29, 1.82) is 0 Å². The summed E-state index contributed by atoms with van der Waals surface area (Å²) < 4.78 is 0. The predicted octanol–water partition coefficient (Wildman–Crippen LogP) is 1.56. The van der Waals surface area contributed by atoms with Crippen molar-refractivity contribution < 1.29 is 5.11 Å². The fraction of sp³-hybridized carbons (Fsp3) is 0.250. The number of nitroso groups, excluding NO2 is 2. The van der Waals surface area contributed by atoms with Crippen LogP contribution in [0.25, 0.3) is 0 Å². The molecule has 0 saturated heterocycles. The van der Waals surface area contributed by atoms with E-state index in [0.717, 1.165) is 5.01 Å². The molecular formula is C8H9N3O3. The van der Waals surface area contributed by atoms with Crippen LogP contribution in [0, 0.1) is 9.81 Å². The highest BCUT2D eigenvalue weighted by Gasteiger charge is 2.04. The van der Waals surface area contributed by atoms with Gasteiger partial charge in [0.25, 0.3) is 0 Å². The van der Waals surface area contributed by atoms with Crippen LogP contribution in [0.3, 0.4) is 0 Å². The normalized spacial score (nSPS) is 9.50. The summed E-state index contributed by atoms with van der Waals surface area (Å²) in [5, 5.41) is 15.1. The molecule has 0 aliphatic rings. The number of hydrogen-bond donors (Lipinski definition) is 1. The van der Waals surface area contributed by atoms with Crippen molar-refractivity contribution in [3.8, 4) is 0 Å². The molecule has 0 aromatic heterocycles. The van der Waals surface area contributed by atoms with Gasteiger partial charge in [-0.3, -0.25) is 0 Å². The molecule has 1 rings (SSSR count). The Morgan fingerprint density at radius 3 is 2.29 bits per heavy atom. The van der Waals surface area contributed by atoms with Crippen molar-refractivity contribution in [3.05, 3.63) is 34.1 Å². The molecule has 1 aromatic rings.